The number of imidazole rings is 1. The number of ether oxygens (including phenoxy) is 2. The summed E-state index contributed by atoms with van der Waals surface area (Å²) in [5, 5.41) is 16.3. The number of sulfonamides is 1. The zero-order valence-corrected chi connectivity index (χ0v) is 20.5. The highest BCUT2D eigenvalue weighted by molar-refractivity contribution is 7.89. The van der Waals surface area contributed by atoms with Crippen LogP contribution in [0.3, 0.4) is 0 Å². The predicted molar refractivity (Wildman–Crippen MR) is 120 cm³/mol. The third kappa shape index (κ3) is 5.04. The summed E-state index contributed by atoms with van der Waals surface area (Å²) in [6.45, 7) is -1.40. The maximum atomic E-state index is 13.3. The molecule has 2 aliphatic rings. The van der Waals surface area contributed by atoms with E-state index in [1.807, 2.05) is 6.07 Å². The molecule has 3 aromatic heterocycles. The van der Waals surface area contributed by atoms with Crippen molar-refractivity contribution in [1.82, 2.24) is 24.3 Å². The molecule has 0 amide bonds. The summed E-state index contributed by atoms with van der Waals surface area (Å²) in [6, 6.07) is 3.00. The molecule has 12 nitrogen and oxygen atoms in total. The van der Waals surface area contributed by atoms with E-state index in [1.165, 1.54) is 22.9 Å². The van der Waals surface area contributed by atoms with E-state index in [0.717, 1.165) is 0 Å². The summed E-state index contributed by atoms with van der Waals surface area (Å²) < 4.78 is 96.6. The van der Waals surface area contributed by atoms with Gasteiger partial charge < -0.3 is 18.8 Å². The maximum Gasteiger partial charge on any atom is 0.345 e. The van der Waals surface area contributed by atoms with Gasteiger partial charge in [0, 0.05) is 18.8 Å². The van der Waals surface area contributed by atoms with Crippen LogP contribution in [0.5, 0.6) is 0 Å². The van der Waals surface area contributed by atoms with Crippen molar-refractivity contribution >= 4 is 21.2 Å². The van der Waals surface area contributed by atoms with E-state index in [1.54, 1.807) is 11.8 Å². The lowest BCUT2D eigenvalue weighted by atomic mass is 10.1. The van der Waals surface area contributed by atoms with E-state index >= 15 is 0 Å². The van der Waals surface area contributed by atoms with E-state index in [2.05, 4.69) is 24.6 Å². The Labute approximate surface area is 213 Å². The largest absolute Gasteiger partial charge is 0.412 e. The first-order valence-electron chi connectivity index (χ1n) is 11.4. The first-order chi connectivity index (χ1) is 18.0. The first-order valence-corrected chi connectivity index (χ1v) is 12.9. The Balaban J connectivity index is 1.61. The van der Waals surface area contributed by atoms with E-state index in [4.69, 9.17) is 9.15 Å². The molecule has 0 unspecified atom stereocenters. The molecule has 0 spiro atoms. The average molecular weight is 560 g/mol. The number of hydrogen-bond acceptors (Lipinski definition) is 10. The van der Waals surface area contributed by atoms with Crippen molar-refractivity contribution in [3.63, 3.8) is 0 Å². The standard InChI is InChI=1S/C21H21F4N7O5S/c1-11-8-35-12(9-36-20(24)25)6-31(11)14-4-13(38(33,34)30-21(10-26)2-3-21)7-32-15(14)5-27-17(32)19-29-28-18(37-19)16(22)23/h4-5,7,11-12,16,20,30H,2-3,6,8-9H2,1H3/t11-,12+/m0/s1. The van der Waals surface area contributed by atoms with E-state index in [9.17, 15) is 31.2 Å². The zero-order valence-electron chi connectivity index (χ0n) is 19.7. The Morgan fingerprint density at radius 1 is 1.32 bits per heavy atom. The lowest BCUT2D eigenvalue weighted by molar-refractivity contribution is -0.157. The quantitative estimate of drug-likeness (QED) is 0.388. The zero-order chi connectivity index (χ0) is 27.2. The van der Waals surface area contributed by atoms with Crippen LogP contribution < -0.4 is 9.62 Å². The molecule has 17 heteroatoms. The predicted octanol–water partition coefficient (Wildman–Crippen LogP) is 2.49. The van der Waals surface area contributed by atoms with Crippen LogP contribution in [0.2, 0.25) is 0 Å². The minimum atomic E-state index is -4.25. The van der Waals surface area contributed by atoms with E-state index in [-0.39, 0.29) is 35.8 Å². The number of hydrogen-bond donors (Lipinski definition) is 1. The van der Waals surface area contributed by atoms with Crippen molar-refractivity contribution in [3.8, 4) is 17.8 Å². The summed E-state index contributed by atoms with van der Waals surface area (Å²) in [6.07, 6.45) is -0.520. The topological polar surface area (TPSA) is 148 Å². The van der Waals surface area contributed by atoms with Crippen molar-refractivity contribution in [1.29, 1.82) is 5.26 Å². The van der Waals surface area contributed by atoms with Crippen molar-refractivity contribution in [2.75, 3.05) is 24.7 Å². The number of pyridine rings is 1. The van der Waals surface area contributed by atoms with Gasteiger partial charge in [0.15, 0.2) is 0 Å². The number of alkyl halides is 4. The van der Waals surface area contributed by atoms with Gasteiger partial charge in [-0.25, -0.2) is 13.4 Å². The number of anilines is 1. The Kier molecular flexibility index (Phi) is 6.75. The number of aromatic nitrogens is 4. The Bertz CT molecular complexity index is 1480. The second-order valence-electron chi connectivity index (χ2n) is 8.99. The second kappa shape index (κ2) is 9.76. The van der Waals surface area contributed by atoms with Crippen LogP contribution in [0.25, 0.3) is 17.2 Å². The number of nitriles is 1. The molecular formula is C21H21F4N7O5S. The molecular weight excluding hydrogens is 538 g/mol. The summed E-state index contributed by atoms with van der Waals surface area (Å²) in [5.74, 6) is -1.41. The number of rotatable bonds is 9. The molecule has 1 aliphatic carbocycles. The summed E-state index contributed by atoms with van der Waals surface area (Å²) in [4.78, 5) is 5.69. The molecule has 0 bridgehead atoms. The number of nitrogens with zero attached hydrogens (tertiary/aromatic N) is 6. The molecule has 3 aromatic rings. The highest BCUT2D eigenvalue weighted by Crippen LogP contribution is 2.37. The fourth-order valence-corrected chi connectivity index (χ4v) is 5.51. The first kappa shape index (κ1) is 26.3. The Morgan fingerprint density at radius 2 is 2.08 bits per heavy atom. The van der Waals surface area contributed by atoms with Crippen LogP contribution in [0.1, 0.15) is 32.1 Å². The van der Waals surface area contributed by atoms with Crippen LogP contribution in [-0.2, 0) is 19.5 Å². The molecule has 1 saturated heterocycles. The summed E-state index contributed by atoms with van der Waals surface area (Å²) >= 11 is 0. The van der Waals surface area contributed by atoms with Gasteiger partial charge in [-0.1, -0.05) is 0 Å². The molecule has 1 aliphatic heterocycles. The third-order valence-electron chi connectivity index (χ3n) is 6.24. The summed E-state index contributed by atoms with van der Waals surface area (Å²) in [7, 11) is -4.25. The van der Waals surface area contributed by atoms with Crippen LogP contribution in [0, 0.1) is 11.3 Å². The maximum absolute atomic E-state index is 13.3. The Hall–Kier alpha value is -3.33. The number of halogens is 4. The minimum absolute atomic E-state index is 0.0687. The Morgan fingerprint density at radius 3 is 2.71 bits per heavy atom. The van der Waals surface area contributed by atoms with Crippen molar-refractivity contribution < 1.29 is 39.9 Å². The van der Waals surface area contributed by atoms with Gasteiger partial charge in [0.05, 0.1) is 42.8 Å². The van der Waals surface area contributed by atoms with Gasteiger partial charge in [-0.05, 0) is 25.8 Å². The van der Waals surface area contributed by atoms with Crippen LogP contribution in [-0.4, -0.2) is 72.1 Å². The highest BCUT2D eigenvalue weighted by atomic mass is 32.2. The van der Waals surface area contributed by atoms with Crippen LogP contribution >= 0.6 is 0 Å². The highest BCUT2D eigenvalue weighted by Gasteiger charge is 2.47. The van der Waals surface area contributed by atoms with Gasteiger partial charge >= 0.3 is 13.0 Å². The lowest BCUT2D eigenvalue weighted by Crippen LogP contribution is -2.50. The third-order valence-corrected chi connectivity index (χ3v) is 7.74. The van der Waals surface area contributed by atoms with Gasteiger partial charge in [0.25, 0.3) is 11.8 Å². The van der Waals surface area contributed by atoms with Crippen LogP contribution in [0.15, 0.2) is 27.8 Å². The minimum Gasteiger partial charge on any atom is -0.412 e. The lowest BCUT2D eigenvalue weighted by Gasteiger charge is -2.39. The molecule has 38 heavy (non-hydrogen) atoms. The fourth-order valence-electron chi connectivity index (χ4n) is 4.11. The molecule has 5 rings (SSSR count). The number of morpholine rings is 1. The monoisotopic (exact) mass is 559 g/mol. The summed E-state index contributed by atoms with van der Waals surface area (Å²) in [5.41, 5.74) is -0.534. The smallest absolute Gasteiger partial charge is 0.345 e. The fraction of sp³-hybridized carbons (Fsp3) is 0.524. The van der Waals surface area contributed by atoms with E-state index < -0.39 is 47.2 Å². The van der Waals surface area contributed by atoms with Gasteiger partial charge in [0.2, 0.25) is 15.8 Å². The van der Waals surface area contributed by atoms with Crippen molar-refractivity contribution in [3.05, 3.63) is 24.4 Å². The van der Waals surface area contributed by atoms with Gasteiger partial charge in [-0.15, -0.1) is 10.2 Å². The van der Waals surface area contributed by atoms with Gasteiger partial charge in [-0.3, -0.25) is 4.40 Å². The van der Waals surface area contributed by atoms with Crippen molar-refractivity contribution in [2.45, 2.75) is 55.4 Å². The van der Waals surface area contributed by atoms with Gasteiger partial charge in [-0.2, -0.15) is 27.5 Å². The van der Waals surface area contributed by atoms with Crippen molar-refractivity contribution in [2.24, 2.45) is 0 Å². The second-order valence-corrected chi connectivity index (χ2v) is 10.7. The van der Waals surface area contributed by atoms with Gasteiger partial charge in [0.1, 0.15) is 10.4 Å². The molecule has 1 N–H and O–H groups in total. The van der Waals surface area contributed by atoms with E-state index in [0.29, 0.717) is 24.0 Å². The molecule has 0 radical (unpaired) electrons. The molecule has 1 saturated carbocycles. The number of nitrogens with one attached hydrogen (secondary N) is 1. The average Bonchev–Trinajstić information content (AvgIpc) is 3.26. The number of fused-ring (bicyclic) bond motifs is 1. The molecule has 4 heterocycles. The molecule has 204 valence electrons. The molecule has 2 fully saturated rings. The molecule has 0 aromatic carbocycles. The SMILES string of the molecule is C[C@H]1CO[C@@H](COC(F)F)CN1c1cc(S(=O)(=O)NC2(C#N)CC2)cn2c(-c3nnc(C(F)F)o3)ncc12. The molecule has 2 atom stereocenters. The van der Waals surface area contributed by atoms with Crippen LogP contribution in [0.4, 0.5) is 23.2 Å². The normalized spacial score (nSPS) is 21.4.